The van der Waals surface area contributed by atoms with Gasteiger partial charge in [0.05, 0.1) is 24.4 Å². The van der Waals surface area contributed by atoms with Crippen molar-refractivity contribution in [3.05, 3.63) is 64.3 Å². The Hall–Kier alpha value is -3.32. The van der Waals surface area contributed by atoms with Gasteiger partial charge in [-0.05, 0) is 36.8 Å². The van der Waals surface area contributed by atoms with Crippen molar-refractivity contribution in [1.29, 1.82) is 0 Å². The molecule has 1 saturated heterocycles. The maximum absolute atomic E-state index is 13.4. The number of anilines is 1. The normalized spacial score (nSPS) is 17.9. The molecule has 0 bridgehead atoms. The summed E-state index contributed by atoms with van der Waals surface area (Å²) in [4.78, 5) is 29.8. The minimum Gasteiger partial charge on any atom is -0.495 e. The van der Waals surface area contributed by atoms with Gasteiger partial charge in [-0.25, -0.2) is 0 Å². The fourth-order valence-electron chi connectivity index (χ4n) is 4.70. The largest absolute Gasteiger partial charge is 0.495 e. The third kappa shape index (κ3) is 3.97. The number of aromatic amines is 1. The van der Waals surface area contributed by atoms with Crippen LogP contribution < -0.4 is 9.64 Å². The van der Waals surface area contributed by atoms with Crippen LogP contribution in [0.3, 0.4) is 0 Å². The zero-order valence-corrected chi connectivity index (χ0v) is 19.4. The third-order valence-corrected chi connectivity index (χ3v) is 6.71. The van der Waals surface area contributed by atoms with Crippen LogP contribution in [0.2, 0.25) is 5.02 Å². The second kappa shape index (κ2) is 8.56. The van der Waals surface area contributed by atoms with Crippen molar-refractivity contribution in [3.8, 4) is 17.0 Å². The Bertz CT molecular complexity index is 1220. The van der Waals surface area contributed by atoms with E-state index in [1.807, 2.05) is 54.3 Å². The molecule has 1 N–H and O–H groups in total. The molecule has 5 rings (SSSR count). The van der Waals surface area contributed by atoms with E-state index in [-0.39, 0.29) is 24.2 Å². The summed E-state index contributed by atoms with van der Waals surface area (Å²) in [5.74, 6) is 0.206. The lowest BCUT2D eigenvalue weighted by molar-refractivity contribution is -0.136. The van der Waals surface area contributed by atoms with Crippen LogP contribution in [0, 0.1) is 12.8 Å². The molecule has 1 atom stereocenters. The number of carbonyl (C=O) groups is 2. The summed E-state index contributed by atoms with van der Waals surface area (Å²) >= 11 is 6.03. The minimum absolute atomic E-state index is 0.00590. The van der Waals surface area contributed by atoms with Crippen molar-refractivity contribution in [3.63, 3.8) is 0 Å². The van der Waals surface area contributed by atoms with E-state index >= 15 is 0 Å². The summed E-state index contributed by atoms with van der Waals surface area (Å²) in [5.41, 5.74) is 5.63. The summed E-state index contributed by atoms with van der Waals surface area (Å²) in [7, 11) is 1.59. The maximum atomic E-state index is 13.4. The van der Waals surface area contributed by atoms with Gasteiger partial charge in [0.2, 0.25) is 11.8 Å². The summed E-state index contributed by atoms with van der Waals surface area (Å²) in [6.07, 6.45) is 0.909. The molecule has 3 heterocycles. The summed E-state index contributed by atoms with van der Waals surface area (Å²) in [5, 5.41) is 8.29. The second-order valence-electron chi connectivity index (χ2n) is 8.63. The minimum atomic E-state index is -0.379. The number of carbonyl (C=O) groups excluding carboxylic acids is 2. The maximum Gasteiger partial charge on any atom is 0.228 e. The molecule has 2 aliphatic rings. The average Bonchev–Trinajstić information content (AvgIpc) is 3.42. The average molecular weight is 465 g/mol. The molecule has 3 aromatic rings. The van der Waals surface area contributed by atoms with E-state index in [1.165, 1.54) is 0 Å². The number of H-pyrrole nitrogens is 1. The first-order chi connectivity index (χ1) is 15.9. The molecule has 2 aliphatic heterocycles. The van der Waals surface area contributed by atoms with Crippen LogP contribution in [0.15, 0.2) is 42.5 Å². The van der Waals surface area contributed by atoms with E-state index in [1.54, 1.807) is 12.0 Å². The molecule has 8 heteroatoms. The number of nitrogens with zero attached hydrogens (tertiary/aromatic N) is 3. The third-order valence-electron chi connectivity index (χ3n) is 6.46. The number of methoxy groups -OCH3 is 1. The van der Waals surface area contributed by atoms with Gasteiger partial charge >= 0.3 is 0 Å². The first-order valence-electron chi connectivity index (χ1n) is 11.0. The van der Waals surface area contributed by atoms with Gasteiger partial charge in [-0.3, -0.25) is 14.7 Å². The number of aryl methyl sites for hydroxylation is 1. The van der Waals surface area contributed by atoms with Gasteiger partial charge in [-0.2, -0.15) is 5.10 Å². The molecular weight excluding hydrogens is 440 g/mol. The molecule has 2 aromatic carbocycles. The number of fused-ring (bicyclic) bond motifs is 1. The highest BCUT2D eigenvalue weighted by Crippen LogP contribution is 2.35. The fourth-order valence-corrected chi connectivity index (χ4v) is 4.83. The smallest absolute Gasteiger partial charge is 0.228 e. The molecule has 0 aliphatic carbocycles. The van der Waals surface area contributed by atoms with Crippen molar-refractivity contribution in [2.75, 3.05) is 25.1 Å². The van der Waals surface area contributed by atoms with Crippen molar-refractivity contribution < 1.29 is 14.3 Å². The highest BCUT2D eigenvalue weighted by molar-refractivity contribution is 6.30. The Kier molecular flexibility index (Phi) is 5.58. The zero-order chi connectivity index (χ0) is 23.1. The van der Waals surface area contributed by atoms with E-state index in [9.17, 15) is 9.59 Å². The Morgan fingerprint density at radius 1 is 1.21 bits per heavy atom. The van der Waals surface area contributed by atoms with Crippen LogP contribution in [-0.4, -0.2) is 47.1 Å². The van der Waals surface area contributed by atoms with Crippen LogP contribution in [0.5, 0.6) is 5.75 Å². The Morgan fingerprint density at radius 2 is 2.00 bits per heavy atom. The van der Waals surface area contributed by atoms with Crippen molar-refractivity contribution >= 4 is 29.1 Å². The van der Waals surface area contributed by atoms with E-state index in [0.29, 0.717) is 36.8 Å². The van der Waals surface area contributed by atoms with Crippen LogP contribution in [0.1, 0.15) is 23.2 Å². The number of aromatic nitrogens is 2. The van der Waals surface area contributed by atoms with Crippen molar-refractivity contribution in [2.24, 2.45) is 5.92 Å². The van der Waals surface area contributed by atoms with Crippen molar-refractivity contribution in [2.45, 2.75) is 26.3 Å². The number of hydrogen-bond donors (Lipinski definition) is 1. The van der Waals surface area contributed by atoms with Gasteiger partial charge in [0.15, 0.2) is 0 Å². The number of ether oxygens (including phenoxy) is 1. The summed E-state index contributed by atoms with van der Waals surface area (Å²) in [6, 6.07) is 13.3. The molecule has 170 valence electrons. The first-order valence-corrected chi connectivity index (χ1v) is 11.4. The molecule has 1 aromatic heterocycles. The summed E-state index contributed by atoms with van der Waals surface area (Å²) in [6.45, 7) is 3.41. The number of hydrogen-bond acceptors (Lipinski definition) is 4. The van der Waals surface area contributed by atoms with E-state index < -0.39 is 0 Å². The molecule has 1 unspecified atom stereocenters. The van der Waals surface area contributed by atoms with Crippen LogP contribution >= 0.6 is 11.6 Å². The molecular formula is C25H25ClN4O3. The van der Waals surface area contributed by atoms with Gasteiger partial charge < -0.3 is 14.5 Å². The summed E-state index contributed by atoms with van der Waals surface area (Å²) < 4.78 is 5.46. The fraction of sp³-hybridized carbons (Fsp3) is 0.320. The number of halogens is 1. The molecule has 0 spiro atoms. The Balaban J connectivity index is 1.35. The molecule has 1 fully saturated rings. The Morgan fingerprint density at radius 3 is 2.76 bits per heavy atom. The highest BCUT2D eigenvalue weighted by Gasteiger charge is 2.39. The van der Waals surface area contributed by atoms with Crippen LogP contribution in [-0.2, 0) is 22.6 Å². The second-order valence-corrected chi connectivity index (χ2v) is 9.06. The number of amides is 2. The van der Waals surface area contributed by atoms with E-state index in [2.05, 4.69) is 10.2 Å². The number of rotatable bonds is 4. The van der Waals surface area contributed by atoms with Crippen LogP contribution in [0.25, 0.3) is 11.3 Å². The van der Waals surface area contributed by atoms with Gasteiger partial charge in [0.1, 0.15) is 5.75 Å². The highest BCUT2D eigenvalue weighted by atomic mass is 35.5. The topological polar surface area (TPSA) is 78.5 Å². The molecule has 33 heavy (non-hydrogen) atoms. The van der Waals surface area contributed by atoms with Gasteiger partial charge in [0.25, 0.3) is 0 Å². The monoisotopic (exact) mass is 464 g/mol. The molecule has 7 nitrogen and oxygen atoms in total. The first kappa shape index (κ1) is 21.5. The Labute approximate surface area is 197 Å². The molecule has 0 saturated carbocycles. The predicted octanol–water partition coefficient (Wildman–Crippen LogP) is 3.98. The lowest BCUT2D eigenvalue weighted by atomic mass is 9.99. The zero-order valence-electron chi connectivity index (χ0n) is 18.6. The number of nitrogens with one attached hydrogen (secondary N) is 1. The lowest BCUT2D eigenvalue weighted by Gasteiger charge is -2.29. The van der Waals surface area contributed by atoms with E-state index in [0.717, 1.165) is 33.8 Å². The van der Waals surface area contributed by atoms with Gasteiger partial charge in [-0.1, -0.05) is 29.8 Å². The van der Waals surface area contributed by atoms with Crippen LogP contribution in [0.4, 0.5) is 5.69 Å². The predicted molar refractivity (Wildman–Crippen MR) is 126 cm³/mol. The quantitative estimate of drug-likeness (QED) is 0.633. The number of benzene rings is 2. The standard InChI is InChI=1S/C25H25ClN4O3/c1-15-3-8-22(33-2)21(11-15)30-13-17(12-23(30)31)25(32)29-10-9-20-19(14-29)24(28-27-20)16-4-6-18(26)7-5-16/h3-8,11,17H,9-10,12-14H2,1-2H3,(H,27,28). The molecule has 0 radical (unpaired) electrons. The SMILES string of the molecule is COc1ccc(C)cc1N1CC(C(=O)N2CCc3[nH]nc(-c4ccc(Cl)cc4)c3C2)CC1=O. The van der Waals surface area contributed by atoms with E-state index in [4.69, 9.17) is 16.3 Å². The lowest BCUT2D eigenvalue weighted by Crippen LogP contribution is -2.40. The molecule has 2 amide bonds. The van der Waals surface area contributed by atoms with Gasteiger partial charge in [-0.15, -0.1) is 0 Å². The van der Waals surface area contributed by atoms with Gasteiger partial charge in [0, 0.05) is 54.3 Å². The van der Waals surface area contributed by atoms with Crippen molar-refractivity contribution in [1.82, 2.24) is 15.1 Å².